The Morgan fingerprint density at radius 1 is 1.53 bits per heavy atom. The van der Waals surface area contributed by atoms with E-state index in [1.165, 1.54) is 6.08 Å². The minimum atomic E-state index is -0.413. The largest absolute Gasteiger partial charge is 0.463 e. The molecule has 0 aliphatic rings. The van der Waals surface area contributed by atoms with Gasteiger partial charge in [0, 0.05) is 6.08 Å². The Hall–Kier alpha value is -1.28. The summed E-state index contributed by atoms with van der Waals surface area (Å²) in [7, 11) is 0. The first-order valence-electron chi connectivity index (χ1n) is 4.74. The van der Waals surface area contributed by atoms with E-state index in [-0.39, 0.29) is 0 Å². The van der Waals surface area contributed by atoms with Crippen molar-refractivity contribution in [3.63, 3.8) is 0 Å². The van der Waals surface area contributed by atoms with Crippen LogP contribution < -0.4 is 0 Å². The average Bonchev–Trinajstić information content (AvgIpc) is 2.18. The van der Waals surface area contributed by atoms with Crippen LogP contribution in [0.3, 0.4) is 0 Å². The molecule has 0 amide bonds. The van der Waals surface area contributed by atoms with Crippen LogP contribution in [-0.2, 0) is 9.53 Å². The summed E-state index contributed by atoms with van der Waals surface area (Å²) in [5, 5.41) is 0.400. The summed E-state index contributed by atoms with van der Waals surface area (Å²) in [5.41, 5.74) is 1.92. The summed E-state index contributed by atoms with van der Waals surface area (Å²) in [5.74, 6) is -0.413. The third-order valence-corrected chi connectivity index (χ3v) is 2.15. The lowest BCUT2D eigenvalue weighted by atomic mass is 10.1. The lowest BCUT2D eigenvalue weighted by Crippen LogP contribution is -1.99. The predicted molar refractivity (Wildman–Crippen MR) is 61.6 cm³/mol. The molecule has 0 atom stereocenters. The van der Waals surface area contributed by atoms with E-state index in [4.69, 9.17) is 16.3 Å². The van der Waals surface area contributed by atoms with Crippen LogP contribution in [0.15, 0.2) is 30.3 Å². The average molecular weight is 225 g/mol. The first-order chi connectivity index (χ1) is 7.13. The molecule has 15 heavy (non-hydrogen) atoms. The smallest absolute Gasteiger partial charge is 0.332 e. The fourth-order valence-corrected chi connectivity index (χ4v) is 1.37. The van der Waals surface area contributed by atoms with E-state index in [1.807, 2.05) is 31.2 Å². The van der Waals surface area contributed by atoms with Crippen LogP contribution in [0.1, 0.15) is 18.1 Å². The fraction of sp³-hybridized carbons (Fsp3) is 0.250. The van der Waals surface area contributed by atoms with Crippen molar-refractivity contribution in [3.8, 4) is 0 Å². The van der Waals surface area contributed by atoms with E-state index in [2.05, 4.69) is 0 Å². The lowest BCUT2D eigenvalue weighted by molar-refractivity contribution is -0.137. The van der Waals surface area contributed by atoms with Crippen molar-refractivity contribution in [1.29, 1.82) is 0 Å². The Morgan fingerprint density at radius 3 is 2.87 bits per heavy atom. The molecule has 3 heteroatoms. The molecular weight excluding hydrogens is 212 g/mol. The van der Waals surface area contributed by atoms with Crippen LogP contribution in [0.25, 0.3) is 5.03 Å². The number of ether oxygens (including phenoxy) is 1. The highest BCUT2D eigenvalue weighted by Gasteiger charge is 2.02. The summed E-state index contributed by atoms with van der Waals surface area (Å²) < 4.78 is 4.76. The van der Waals surface area contributed by atoms with Gasteiger partial charge in [0.2, 0.25) is 0 Å². The molecule has 0 unspecified atom stereocenters. The molecule has 0 N–H and O–H groups in total. The molecular formula is C12H13ClO2. The van der Waals surface area contributed by atoms with Crippen LogP contribution in [-0.4, -0.2) is 12.6 Å². The first-order valence-corrected chi connectivity index (χ1v) is 5.12. The van der Waals surface area contributed by atoms with E-state index in [9.17, 15) is 4.79 Å². The number of carbonyl (C=O) groups excluding carboxylic acids is 1. The summed E-state index contributed by atoms with van der Waals surface area (Å²) in [6.45, 7) is 4.08. The molecule has 0 saturated carbocycles. The van der Waals surface area contributed by atoms with Crippen molar-refractivity contribution in [3.05, 3.63) is 41.5 Å². The Bertz CT molecular complexity index is 383. The molecule has 0 aliphatic carbocycles. The standard InChI is InChI=1S/C12H13ClO2/c1-3-15-12(14)8-11(13)10-6-4-5-9(2)7-10/h4-8H,3H2,1-2H3/b11-8+. The number of aryl methyl sites for hydroxylation is 1. The van der Waals surface area contributed by atoms with Crippen molar-refractivity contribution < 1.29 is 9.53 Å². The molecule has 0 aliphatic heterocycles. The summed E-state index contributed by atoms with van der Waals surface area (Å²) >= 11 is 5.97. The van der Waals surface area contributed by atoms with Crippen molar-refractivity contribution in [1.82, 2.24) is 0 Å². The molecule has 0 radical (unpaired) electrons. The van der Waals surface area contributed by atoms with E-state index in [1.54, 1.807) is 6.92 Å². The third kappa shape index (κ3) is 3.76. The molecule has 1 aromatic carbocycles. The molecule has 1 aromatic rings. The normalized spacial score (nSPS) is 11.3. The topological polar surface area (TPSA) is 26.3 Å². The van der Waals surface area contributed by atoms with Gasteiger partial charge in [0.1, 0.15) is 0 Å². The third-order valence-electron chi connectivity index (χ3n) is 1.83. The van der Waals surface area contributed by atoms with E-state index in [0.29, 0.717) is 11.6 Å². The number of carbonyl (C=O) groups is 1. The molecule has 0 heterocycles. The van der Waals surface area contributed by atoms with Gasteiger partial charge in [0.25, 0.3) is 0 Å². The quantitative estimate of drug-likeness (QED) is 0.583. The number of hydrogen-bond donors (Lipinski definition) is 0. The van der Waals surface area contributed by atoms with Gasteiger partial charge in [-0.05, 0) is 19.4 Å². The number of rotatable bonds is 3. The minimum absolute atomic E-state index is 0.354. The second kappa shape index (κ2) is 5.56. The van der Waals surface area contributed by atoms with Crippen LogP contribution in [0.2, 0.25) is 0 Å². The zero-order chi connectivity index (χ0) is 11.3. The first kappa shape index (κ1) is 11.8. The molecule has 0 aromatic heterocycles. The van der Waals surface area contributed by atoms with Crippen molar-refractivity contribution in [2.24, 2.45) is 0 Å². The van der Waals surface area contributed by atoms with Crippen molar-refractivity contribution in [2.45, 2.75) is 13.8 Å². The highest BCUT2D eigenvalue weighted by molar-refractivity contribution is 6.50. The van der Waals surface area contributed by atoms with Gasteiger partial charge in [-0.1, -0.05) is 41.4 Å². The van der Waals surface area contributed by atoms with Gasteiger partial charge >= 0.3 is 5.97 Å². The van der Waals surface area contributed by atoms with Gasteiger partial charge in [0.05, 0.1) is 11.6 Å². The number of halogens is 1. The SMILES string of the molecule is CCOC(=O)/C=C(/Cl)c1cccc(C)c1. The van der Waals surface area contributed by atoms with Crippen LogP contribution >= 0.6 is 11.6 Å². The maximum atomic E-state index is 11.1. The number of hydrogen-bond acceptors (Lipinski definition) is 2. The Labute approximate surface area is 94.5 Å². The Kier molecular flexibility index (Phi) is 4.37. The molecule has 1 rings (SSSR count). The molecule has 80 valence electrons. The maximum Gasteiger partial charge on any atom is 0.332 e. The van der Waals surface area contributed by atoms with Gasteiger partial charge in [-0.2, -0.15) is 0 Å². The summed E-state index contributed by atoms with van der Waals surface area (Å²) in [4.78, 5) is 11.1. The number of benzene rings is 1. The molecule has 0 saturated heterocycles. The van der Waals surface area contributed by atoms with Crippen molar-refractivity contribution in [2.75, 3.05) is 6.61 Å². The minimum Gasteiger partial charge on any atom is -0.463 e. The molecule has 0 fully saturated rings. The fourth-order valence-electron chi connectivity index (χ4n) is 1.16. The second-order valence-electron chi connectivity index (χ2n) is 3.11. The second-order valence-corrected chi connectivity index (χ2v) is 3.52. The van der Waals surface area contributed by atoms with Gasteiger partial charge in [-0.3, -0.25) is 0 Å². The Morgan fingerprint density at radius 2 is 2.27 bits per heavy atom. The zero-order valence-corrected chi connectivity index (χ0v) is 9.54. The summed E-state index contributed by atoms with van der Waals surface area (Å²) in [6.07, 6.45) is 1.29. The van der Waals surface area contributed by atoms with Crippen LogP contribution in [0.5, 0.6) is 0 Å². The van der Waals surface area contributed by atoms with E-state index < -0.39 is 5.97 Å². The van der Waals surface area contributed by atoms with E-state index >= 15 is 0 Å². The highest BCUT2D eigenvalue weighted by Crippen LogP contribution is 2.19. The van der Waals surface area contributed by atoms with E-state index in [0.717, 1.165) is 11.1 Å². The Balaban J connectivity index is 2.84. The molecule has 0 spiro atoms. The number of esters is 1. The van der Waals surface area contributed by atoms with Gasteiger partial charge in [-0.15, -0.1) is 0 Å². The molecule has 2 nitrogen and oxygen atoms in total. The van der Waals surface area contributed by atoms with Crippen LogP contribution in [0.4, 0.5) is 0 Å². The van der Waals surface area contributed by atoms with Crippen molar-refractivity contribution >= 4 is 22.6 Å². The van der Waals surface area contributed by atoms with Gasteiger partial charge in [0.15, 0.2) is 0 Å². The lowest BCUT2D eigenvalue weighted by Gasteiger charge is -2.01. The summed E-state index contributed by atoms with van der Waals surface area (Å²) in [6, 6.07) is 7.63. The van der Waals surface area contributed by atoms with Gasteiger partial charge in [-0.25, -0.2) is 4.79 Å². The van der Waals surface area contributed by atoms with Crippen LogP contribution in [0, 0.1) is 6.92 Å². The highest BCUT2D eigenvalue weighted by atomic mass is 35.5. The zero-order valence-electron chi connectivity index (χ0n) is 8.79. The molecule has 0 bridgehead atoms. The predicted octanol–water partition coefficient (Wildman–Crippen LogP) is 3.14. The monoisotopic (exact) mass is 224 g/mol. The maximum absolute atomic E-state index is 11.1. The van der Waals surface area contributed by atoms with Gasteiger partial charge < -0.3 is 4.74 Å².